The third-order valence-corrected chi connectivity index (χ3v) is 2.98. The molecule has 0 aliphatic heterocycles. The first-order valence-corrected chi connectivity index (χ1v) is 6.40. The number of amides is 1. The molecule has 114 valence electrons. The van der Waals surface area contributed by atoms with E-state index in [2.05, 4.69) is 26.1 Å². The summed E-state index contributed by atoms with van der Waals surface area (Å²) in [6.07, 6.45) is 1.13. The first kappa shape index (κ1) is 15.4. The van der Waals surface area contributed by atoms with Gasteiger partial charge in [-0.3, -0.25) is 25.8 Å². The number of anilines is 2. The molecule has 0 aliphatic carbocycles. The highest BCUT2D eigenvalue weighted by molar-refractivity contribution is 6.33. The first-order chi connectivity index (χ1) is 10.5. The van der Waals surface area contributed by atoms with Crippen molar-refractivity contribution in [1.29, 1.82) is 0 Å². The third-order valence-electron chi connectivity index (χ3n) is 2.65. The molecule has 0 radical (unpaired) electrons. The third kappa shape index (κ3) is 3.20. The van der Waals surface area contributed by atoms with E-state index in [0.29, 0.717) is 0 Å². The number of halogens is 1. The second-order valence-corrected chi connectivity index (χ2v) is 4.39. The molecule has 0 saturated carbocycles. The average molecular weight is 323 g/mol. The van der Waals surface area contributed by atoms with Gasteiger partial charge in [-0.25, -0.2) is 9.97 Å². The molecular formula is C12H11ClN6O3. The molecule has 3 N–H and O–H groups in total. The predicted octanol–water partition coefficient (Wildman–Crippen LogP) is 1.84. The van der Waals surface area contributed by atoms with Crippen LogP contribution in [0.1, 0.15) is 10.4 Å². The van der Waals surface area contributed by atoms with Crippen LogP contribution in [0.4, 0.5) is 17.3 Å². The van der Waals surface area contributed by atoms with Crippen molar-refractivity contribution in [2.45, 2.75) is 0 Å². The van der Waals surface area contributed by atoms with Crippen molar-refractivity contribution < 1.29 is 9.72 Å². The zero-order valence-electron chi connectivity index (χ0n) is 11.3. The van der Waals surface area contributed by atoms with E-state index < -0.39 is 10.8 Å². The summed E-state index contributed by atoms with van der Waals surface area (Å²) < 4.78 is 0. The van der Waals surface area contributed by atoms with Crippen LogP contribution in [0.25, 0.3) is 0 Å². The standard InChI is InChI=1S/C12H11ClN6O3/c1-14-10-9(19(21)22)11(16-6-15-10)17-18-12(20)7-4-2-3-5-8(7)13/h2-6H,1H3,(H,18,20)(H2,14,15,16,17). The number of hydrogen-bond donors (Lipinski definition) is 3. The number of hydrazine groups is 1. The number of benzene rings is 1. The summed E-state index contributed by atoms with van der Waals surface area (Å²) in [6, 6.07) is 6.41. The van der Waals surface area contributed by atoms with Gasteiger partial charge in [-0.2, -0.15) is 0 Å². The maximum Gasteiger partial charge on any atom is 0.354 e. The molecule has 1 amide bonds. The molecule has 0 unspecified atom stereocenters. The lowest BCUT2D eigenvalue weighted by molar-refractivity contribution is -0.383. The molecular weight excluding hydrogens is 312 g/mol. The number of carbonyl (C=O) groups is 1. The van der Waals surface area contributed by atoms with Gasteiger partial charge in [-0.15, -0.1) is 0 Å². The Morgan fingerprint density at radius 1 is 1.27 bits per heavy atom. The van der Waals surface area contributed by atoms with E-state index in [9.17, 15) is 14.9 Å². The van der Waals surface area contributed by atoms with E-state index in [-0.39, 0.29) is 27.9 Å². The minimum Gasteiger partial charge on any atom is -0.367 e. The number of carbonyl (C=O) groups excluding carboxylic acids is 1. The summed E-state index contributed by atoms with van der Waals surface area (Å²) >= 11 is 5.90. The van der Waals surface area contributed by atoms with Crippen molar-refractivity contribution in [2.75, 3.05) is 17.8 Å². The quantitative estimate of drug-likeness (QED) is 0.567. The molecule has 2 rings (SSSR count). The van der Waals surface area contributed by atoms with Crippen molar-refractivity contribution in [2.24, 2.45) is 0 Å². The Hall–Kier alpha value is -2.94. The molecule has 0 bridgehead atoms. The van der Waals surface area contributed by atoms with E-state index >= 15 is 0 Å². The number of nitrogens with one attached hydrogen (secondary N) is 3. The van der Waals surface area contributed by atoms with Crippen LogP contribution in [0, 0.1) is 10.1 Å². The fourth-order valence-corrected chi connectivity index (χ4v) is 1.88. The molecule has 1 aromatic carbocycles. The maximum absolute atomic E-state index is 12.0. The summed E-state index contributed by atoms with van der Waals surface area (Å²) in [6.45, 7) is 0. The molecule has 10 heteroatoms. The van der Waals surface area contributed by atoms with Gasteiger partial charge >= 0.3 is 5.69 Å². The van der Waals surface area contributed by atoms with Gasteiger partial charge in [-0.1, -0.05) is 23.7 Å². The van der Waals surface area contributed by atoms with Gasteiger partial charge in [0.15, 0.2) is 0 Å². The first-order valence-electron chi connectivity index (χ1n) is 6.02. The number of hydrogen-bond acceptors (Lipinski definition) is 7. The van der Waals surface area contributed by atoms with Crippen molar-refractivity contribution >= 4 is 34.8 Å². The van der Waals surface area contributed by atoms with Gasteiger partial charge in [0.2, 0.25) is 11.6 Å². The van der Waals surface area contributed by atoms with Crippen LogP contribution in [0.15, 0.2) is 30.6 Å². The second kappa shape index (κ2) is 6.68. The van der Waals surface area contributed by atoms with Crippen LogP contribution in [0.2, 0.25) is 5.02 Å². The Kier molecular flexibility index (Phi) is 4.69. The SMILES string of the molecule is CNc1ncnc(NNC(=O)c2ccccc2Cl)c1[N+](=O)[O-]. The summed E-state index contributed by atoms with van der Waals surface area (Å²) in [5.41, 5.74) is 4.55. The number of nitro groups is 1. The van der Waals surface area contributed by atoms with Gasteiger partial charge in [0.1, 0.15) is 6.33 Å². The minimum atomic E-state index is -0.657. The molecule has 2 aromatic rings. The van der Waals surface area contributed by atoms with Crippen LogP contribution < -0.4 is 16.2 Å². The fraction of sp³-hybridized carbons (Fsp3) is 0.0833. The van der Waals surface area contributed by atoms with Crippen molar-refractivity contribution in [1.82, 2.24) is 15.4 Å². The summed E-state index contributed by atoms with van der Waals surface area (Å²) in [5.74, 6) is -0.677. The molecule has 1 aromatic heterocycles. The molecule has 0 atom stereocenters. The number of rotatable bonds is 5. The number of nitrogens with zero attached hydrogens (tertiary/aromatic N) is 3. The predicted molar refractivity (Wildman–Crippen MR) is 80.8 cm³/mol. The molecule has 0 aliphatic rings. The van der Waals surface area contributed by atoms with Gasteiger partial charge in [-0.05, 0) is 12.1 Å². The maximum atomic E-state index is 12.0. The largest absolute Gasteiger partial charge is 0.367 e. The Morgan fingerprint density at radius 2 is 1.95 bits per heavy atom. The van der Waals surface area contributed by atoms with E-state index in [1.807, 2.05) is 0 Å². The summed E-state index contributed by atoms with van der Waals surface area (Å²) in [7, 11) is 1.49. The zero-order valence-corrected chi connectivity index (χ0v) is 12.1. The zero-order chi connectivity index (χ0) is 16.1. The van der Waals surface area contributed by atoms with E-state index in [4.69, 9.17) is 11.6 Å². The summed E-state index contributed by atoms with van der Waals surface area (Å²) in [4.78, 5) is 29.9. The van der Waals surface area contributed by atoms with Crippen LogP contribution >= 0.6 is 11.6 Å². The Morgan fingerprint density at radius 3 is 2.59 bits per heavy atom. The lowest BCUT2D eigenvalue weighted by Gasteiger charge is -2.10. The van der Waals surface area contributed by atoms with Crippen LogP contribution in [0.5, 0.6) is 0 Å². The van der Waals surface area contributed by atoms with Crippen molar-refractivity contribution in [3.05, 3.63) is 51.3 Å². The van der Waals surface area contributed by atoms with Gasteiger partial charge in [0.05, 0.1) is 15.5 Å². The smallest absolute Gasteiger partial charge is 0.354 e. The van der Waals surface area contributed by atoms with Crippen LogP contribution in [0.3, 0.4) is 0 Å². The van der Waals surface area contributed by atoms with Gasteiger partial charge < -0.3 is 5.32 Å². The highest BCUT2D eigenvalue weighted by atomic mass is 35.5. The molecule has 0 spiro atoms. The molecule has 0 fully saturated rings. The van der Waals surface area contributed by atoms with E-state index in [1.165, 1.54) is 13.1 Å². The Balaban J connectivity index is 2.20. The normalized spacial score (nSPS) is 9.91. The highest BCUT2D eigenvalue weighted by Crippen LogP contribution is 2.27. The fourth-order valence-electron chi connectivity index (χ4n) is 1.65. The molecule has 9 nitrogen and oxygen atoms in total. The minimum absolute atomic E-state index is 0.0227. The number of aromatic nitrogens is 2. The monoisotopic (exact) mass is 322 g/mol. The van der Waals surface area contributed by atoms with E-state index in [0.717, 1.165) is 6.33 Å². The lowest BCUT2D eigenvalue weighted by Crippen LogP contribution is -2.30. The average Bonchev–Trinajstić information content (AvgIpc) is 2.52. The van der Waals surface area contributed by atoms with E-state index in [1.54, 1.807) is 18.2 Å². The van der Waals surface area contributed by atoms with Gasteiger partial charge in [0.25, 0.3) is 5.91 Å². The van der Waals surface area contributed by atoms with Crippen LogP contribution in [-0.4, -0.2) is 27.8 Å². The van der Waals surface area contributed by atoms with Crippen molar-refractivity contribution in [3.63, 3.8) is 0 Å². The molecule has 1 heterocycles. The topological polar surface area (TPSA) is 122 Å². The second-order valence-electron chi connectivity index (χ2n) is 3.99. The molecule has 22 heavy (non-hydrogen) atoms. The summed E-state index contributed by atoms with van der Waals surface area (Å²) in [5, 5.41) is 13.9. The Labute approximate surface area is 129 Å². The highest BCUT2D eigenvalue weighted by Gasteiger charge is 2.22. The van der Waals surface area contributed by atoms with Crippen LogP contribution in [-0.2, 0) is 0 Å². The Bertz CT molecular complexity index is 724. The lowest BCUT2D eigenvalue weighted by atomic mass is 10.2. The molecule has 0 saturated heterocycles. The van der Waals surface area contributed by atoms with Gasteiger partial charge in [0, 0.05) is 7.05 Å². The van der Waals surface area contributed by atoms with Crippen molar-refractivity contribution in [3.8, 4) is 0 Å².